The third-order valence-electron chi connectivity index (χ3n) is 4.35. The Kier molecular flexibility index (Phi) is 7.03. The number of methoxy groups -OCH3 is 2. The van der Waals surface area contributed by atoms with E-state index in [9.17, 15) is 4.79 Å². The molecule has 150 valence electrons. The molecule has 0 spiro atoms. The minimum absolute atomic E-state index is 0.187. The average Bonchev–Trinajstić information content (AvgIpc) is 2.77. The molecule has 0 aliphatic rings. The third-order valence-corrected chi connectivity index (χ3v) is 5.15. The summed E-state index contributed by atoms with van der Waals surface area (Å²) in [5.41, 5.74) is 2.08. The van der Waals surface area contributed by atoms with E-state index in [0.29, 0.717) is 22.8 Å². The topological polar surface area (TPSA) is 56.8 Å². The number of amides is 1. The third kappa shape index (κ3) is 5.03. The molecule has 6 heteroatoms. The molecule has 0 atom stereocenters. The Labute approximate surface area is 175 Å². The summed E-state index contributed by atoms with van der Waals surface area (Å²) < 4.78 is 16.7. The molecule has 0 aliphatic carbocycles. The van der Waals surface area contributed by atoms with Crippen LogP contribution in [-0.4, -0.2) is 26.4 Å². The smallest absolute Gasteiger partial charge is 0.255 e. The second-order valence-electron chi connectivity index (χ2n) is 6.12. The van der Waals surface area contributed by atoms with Gasteiger partial charge in [-0.1, -0.05) is 24.3 Å². The van der Waals surface area contributed by atoms with Gasteiger partial charge in [0.25, 0.3) is 5.91 Å². The van der Waals surface area contributed by atoms with Crippen LogP contribution in [0.5, 0.6) is 17.2 Å². The number of hydrogen-bond donors (Lipinski definition) is 1. The lowest BCUT2D eigenvalue weighted by molar-refractivity contribution is 0.102. The zero-order chi connectivity index (χ0) is 20.6. The van der Waals surface area contributed by atoms with Crippen molar-refractivity contribution in [3.05, 3.63) is 77.9 Å². The number of hydrogen-bond acceptors (Lipinski definition) is 5. The summed E-state index contributed by atoms with van der Waals surface area (Å²) in [5.74, 6) is 1.74. The van der Waals surface area contributed by atoms with Crippen LogP contribution in [0, 0.1) is 0 Å². The van der Waals surface area contributed by atoms with Crippen molar-refractivity contribution in [1.82, 2.24) is 0 Å². The van der Waals surface area contributed by atoms with Crippen LogP contribution in [0.15, 0.2) is 71.6 Å². The van der Waals surface area contributed by atoms with Gasteiger partial charge < -0.3 is 19.5 Å². The Hall–Kier alpha value is -3.12. The first-order valence-electron chi connectivity index (χ1n) is 9.03. The quantitative estimate of drug-likeness (QED) is 0.515. The molecule has 0 fully saturated rings. The first kappa shape index (κ1) is 20.6. The lowest BCUT2D eigenvalue weighted by Gasteiger charge is -2.14. The van der Waals surface area contributed by atoms with Crippen LogP contribution < -0.4 is 19.5 Å². The van der Waals surface area contributed by atoms with Crippen LogP contribution in [0.25, 0.3) is 0 Å². The lowest BCUT2D eigenvalue weighted by Crippen LogP contribution is -2.13. The van der Waals surface area contributed by atoms with Gasteiger partial charge in [0.2, 0.25) is 0 Å². The van der Waals surface area contributed by atoms with Crippen molar-refractivity contribution in [2.24, 2.45) is 0 Å². The van der Waals surface area contributed by atoms with Crippen molar-refractivity contribution in [3.63, 3.8) is 0 Å². The Balaban J connectivity index is 1.80. The summed E-state index contributed by atoms with van der Waals surface area (Å²) in [6, 6.07) is 20.4. The summed E-state index contributed by atoms with van der Waals surface area (Å²) >= 11 is 1.58. The molecule has 0 aromatic heterocycles. The molecule has 0 unspecified atom stereocenters. The van der Waals surface area contributed by atoms with Gasteiger partial charge in [-0.2, -0.15) is 0 Å². The fraction of sp³-hybridized carbons (Fsp3) is 0.174. The maximum Gasteiger partial charge on any atom is 0.255 e. The fourth-order valence-corrected chi connectivity index (χ4v) is 3.42. The van der Waals surface area contributed by atoms with E-state index in [0.717, 1.165) is 16.1 Å². The highest BCUT2D eigenvalue weighted by molar-refractivity contribution is 7.98. The normalized spacial score (nSPS) is 10.3. The highest BCUT2D eigenvalue weighted by Gasteiger charge is 2.13. The standard InChI is InChI=1S/C23H23NO4S/c1-26-19-13-12-16(23(25)24-18-8-4-7-11-22(18)29-3)14-17(19)15-28-21-10-6-5-9-20(21)27-2/h4-14H,15H2,1-3H3,(H,24,25). The Morgan fingerprint density at radius 2 is 1.59 bits per heavy atom. The monoisotopic (exact) mass is 409 g/mol. The molecule has 3 aromatic carbocycles. The van der Waals surface area contributed by atoms with Crippen molar-refractivity contribution in [2.45, 2.75) is 11.5 Å². The Morgan fingerprint density at radius 3 is 2.31 bits per heavy atom. The average molecular weight is 410 g/mol. The first-order valence-corrected chi connectivity index (χ1v) is 10.3. The number of rotatable bonds is 8. The summed E-state index contributed by atoms with van der Waals surface area (Å²) in [6.45, 7) is 0.242. The molecule has 3 rings (SSSR count). The van der Waals surface area contributed by atoms with Gasteiger partial charge in [-0.05, 0) is 48.7 Å². The summed E-state index contributed by atoms with van der Waals surface area (Å²) in [6.07, 6.45) is 1.98. The van der Waals surface area contributed by atoms with Gasteiger partial charge in [0.15, 0.2) is 11.5 Å². The number of ether oxygens (including phenoxy) is 3. The fourth-order valence-electron chi connectivity index (χ4n) is 2.87. The number of carbonyl (C=O) groups excluding carboxylic acids is 1. The molecule has 0 radical (unpaired) electrons. The molecule has 0 bridgehead atoms. The van der Waals surface area contributed by atoms with E-state index in [1.165, 1.54) is 0 Å². The highest BCUT2D eigenvalue weighted by Crippen LogP contribution is 2.29. The zero-order valence-electron chi connectivity index (χ0n) is 16.6. The largest absolute Gasteiger partial charge is 0.496 e. The number of para-hydroxylation sites is 3. The summed E-state index contributed by atoms with van der Waals surface area (Å²) in [7, 11) is 3.19. The van der Waals surface area contributed by atoms with E-state index < -0.39 is 0 Å². The molecule has 29 heavy (non-hydrogen) atoms. The van der Waals surface area contributed by atoms with Gasteiger partial charge in [-0.3, -0.25) is 4.79 Å². The molecular weight excluding hydrogens is 386 g/mol. The molecule has 0 aliphatic heterocycles. The van der Waals surface area contributed by atoms with Gasteiger partial charge >= 0.3 is 0 Å². The Bertz CT molecular complexity index is 990. The van der Waals surface area contributed by atoms with Crippen molar-refractivity contribution >= 4 is 23.4 Å². The molecular formula is C23H23NO4S. The van der Waals surface area contributed by atoms with E-state index in [1.807, 2.05) is 54.8 Å². The van der Waals surface area contributed by atoms with Crippen LogP contribution in [0.4, 0.5) is 5.69 Å². The van der Waals surface area contributed by atoms with E-state index in [-0.39, 0.29) is 12.5 Å². The van der Waals surface area contributed by atoms with Crippen LogP contribution in [0.1, 0.15) is 15.9 Å². The van der Waals surface area contributed by atoms with Crippen LogP contribution in [-0.2, 0) is 6.61 Å². The van der Waals surface area contributed by atoms with Crippen LogP contribution in [0.3, 0.4) is 0 Å². The lowest BCUT2D eigenvalue weighted by atomic mass is 10.1. The molecule has 0 heterocycles. The highest BCUT2D eigenvalue weighted by atomic mass is 32.2. The Morgan fingerprint density at radius 1 is 0.897 bits per heavy atom. The van der Waals surface area contributed by atoms with Crippen molar-refractivity contribution in [1.29, 1.82) is 0 Å². The first-order chi connectivity index (χ1) is 14.2. The van der Waals surface area contributed by atoms with Gasteiger partial charge in [0.05, 0.1) is 19.9 Å². The number of thioether (sulfide) groups is 1. The second kappa shape index (κ2) is 9.89. The van der Waals surface area contributed by atoms with E-state index in [2.05, 4.69) is 5.32 Å². The molecule has 5 nitrogen and oxygen atoms in total. The van der Waals surface area contributed by atoms with Crippen LogP contribution >= 0.6 is 11.8 Å². The van der Waals surface area contributed by atoms with E-state index >= 15 is 0 Å². The summed E-state index contributed by atoms with van der Waals surface area (Å²) in [5, 5.41) is 2.97. The van der Waals surface area contributed by atoms with E-state index in [4.69, 9.17) is 14.2 Å². The SMILES string of the molecule is COc1ccc(C(=O)Nc2ccccc2SC)cc1COc1ccccc1OC. The predicted molar refractivity (Wildman–Crippen MR) is 116 cm³/mol. The molecule has 0 saturated heterocycles. The zero-order valence-corrected chi connectivity index (χ0v) is 17.4. The minimum atomic E-state index is -0.187. The van der Waals surface area contributed by atoms with Crippen molar-refractivity contribution < 1.29 is 19.0 Å². The van der Waals surface area contributed by atoms with Gasteiger partial charge in [0, 0.05) is 16.0 Å². The van der Waals surface area contributed by atoms with E-state index in [1.54, 1.807) is 44.2 Å². The van der Waals surface area contributed by atoms with Crippen molar-refractivity contribution in [2.75, 3.05) is 25.8 Å². The van der Waals surface area contributed by atoms with Crippen molar-refractivity contribution in [3.8, 4) is 17.2 Å². The minimum Gasteiger partial charge on any atom is -0.496 e. The maximum absolute atomic E-state index is 12.8. The van der Waals surface area contributed by atoms with Crippen LogP contribution in [0.2, 0.25) is 0 Å². The van der Waals surface area contributed by atoms with Gasteiger partial charge in [0.1, 0.15) is 12.4 Å². The number of carbonyl (C=O) groups is 1. The molecule has 3 aromatic rings. The molecule has 1 N–H and O–H groups in total. The van der Waals surface area contributed by atoms with Gasteiger partial charge in [-0.25, -0.2) is 0 Å². The van der Waals surface area contributed by atoms with Gasteiger partial charge in [-0.15, -0.1) is 11.8 Å². The number of benzene rings is 3. The maximum atomic E-state index is 12.8. The summed E-state index contributed by atoms with van der Waals surface area (Å²) in [4.78, 5) is 13.8. The molecule has 0 saturated carbocycles. The number of nitrogens with one attached hydrogen (secondary N) is 1. The predicted octanol–water partition coefficient (Wildman–Crippen LogP) is 5.26. The number of anilines is 1. The second-order valence-corrected chi connectivity index (χ2v) is 6.97. The molecule has 1 amide bonds.